The van der Waals surface area contributed by atoms with Crippen LogP contribution in [0.5, 0.6) is 5.75 Å². The van der Waals surface area contributed by atoms with Crippen LogP contribution in [0.4, 0.5) is 4.79 Å². The van der Waals surface area contributed by atoms with Crippen LogP contribution in [0.2, 0.25) is 0 Å². The highest BCUT2D eigenvalue weighted by Crippen LogP contribution is 2.24. The first-order chi connectivity index (χ1) is 11.2. The van der Waals surface area contributed by atoms with Crippen LogP contribution in [0.15, 0.2) is 24.3 Å². The predicted octanol–water partition coefficient (Wildman–Crippen LogP) is 2.92. The molecule has 2 amide bonds. The lowest BCUT2D eigenvalue weighted by molar-refractivity contribution is -0.137. The first kappa shape index (κ1) is 19.8. The van der Waals surface area contributed by atoms with Crippen molar-refractivity contribution in [3.05, 3.63) is 29.8 Å². The van der Waals surface area contributed by atoms with Crippen LogP contribution < -0.4 is 15.4 Å². The average Bonchev–Trinajstić information content (AvgIpc) is 2.49. The molecule has 0 heterocycles. The van der Waals surface area contributed by atoms with Gasteiger partial charge in [0.15, 0.2) is 0 Å². The zero-order valence-electron chi connectivity index (χ0n) is 14.9. The first-order valence-corrected chi connectivity index (χ1v) is 8.18. The summed E-state index contributed by atoms with van der Waals surface area (Å²) in [4.78, 5) is 22.0. The van der Waals surface area contributed by atoms with Gasteiger partial charge in [0, 0.05) is 13.0 Å². The molecule has 0 saturated heterocycles. The number of amides is 2. The molecular weight excluding hydrogens is 308 g/mol. The van der Waals surface area contributed by atoms with Crippen molar-refractivity contribution in [3.63, 3.8) is 0 Å². The number of urea groups is 1. The molecule has 0 aliphatic rings. The van der Waals surface area contributed by atoms with Gasteiger partial charge in [0.1, 0.15) is 12.4 Å². The summed E-state index contributed by atoms with van der Waals surface area (Å²) >= 11 is 0. The molecule has 0 spiro atoms. The van der Waals surface area contributed by atoms with Crippen LogP contribution in [0.1, 0.15) is 46.1 Å². The number of hydrogen-bond acceptors (Lipinski definition) is 3. The minimum absolute atomic E-state index is 0.0451. The maximum absolute atomic E-state index is 11.6. The van der Waals surface area contributed by atoms with Crippen molar-refractivity contribution in [2.75, 3.05) is 13.2 Å². The lowest BCUT2D eigenvalue weighted by atomic mass is 9.87. The second kappa shape index (κ2) is 9.15. The molecule has 6 heteroatoms. The topological polar surface area (TPSA) is 87.7 Å². The number of carbonyl (C=O) groups excluding carboxylic acids is 1. The molecular formula is C18H28N2O4. The van der Waals surface area contributed by atoms with Crippen molar-refractivity contribution in [2.24, 2.45) is 0 Å². The smallest absolute Gasteiger partial charge is 0.315 e. The van der Waals surface area contributed by atoms with Gasteiger partial charge in [0.05, 0.1) is 6.04 Å². The molecule has 0 fully saturated rings. The largest absolute Gasteiger partial charge is 0.491 e. The SMILES string of the molecule is CC(COc1ccc(C(C)(C)C)cc1)NC(=O)NCCCC(=O)O. The molecule has 6 nitrogen and oxygen atoms in total. The number of ether oxygens (including phenoxy) is 1. The Balaban J connectivity index is 2.29. The Morgan fingerprint density at radius 3 is 2.38 bits per heavy atom. The van der Waals surface area contributed by atoms with Crippen molar-refractivity contribution in [3.8, 4) is 5.75 Å². The second-order valence-corrected chi connectivity index (χ2v) is 6.88. The van der Waals surface area contributed by atoms with Crippen LogP contribution >= 0.6 is 0 Å². The monoisotopic (exact) mass is 336 g/mol. The molecule has 1 aromatic rings. The number of hydrogen-bond donors (Lipinski definition) is 3. The van der Waals surface area contributed by atoms with Gasteiger partial charge in [-0.25, -0.2) is 4.79 Å². The fraction of sp³-hybridized carbons (Fsp3) is 0.556. The minimum atomic E-state index is -0.864. The van der Waals surface area contributed by atoms with Gasteiger partial charge in [-0.1, -0.05) is 32.9 Å². The van der Waals surface area contributed by atoms with Crippen LogP contribution in [0.25, 0.3) is 0 Å². The van der Waals surface area contributed by atoms with Gasteiger partial charge < -0.3 is 20.5 Å². The standard InChI is InChI=1S/C18H28N2O4/c1-13(20-17(23)19-11-5-6-16(21)22)12-24-15-9-7-14(8-10-15)18(2,3)4/h7-10,13H,5-6,11-12H2,1-4H3,(H,21,22)(H2,19,20,23). The number of carboxylic acid groups (broad SMARTS) is 1. The number of carboxylic acids is 1. The third-order valence-electron chi connectivity index (χ3n) is 3.45. The van der Waals surface area contributed by atoms with Crippen molar-refractivity contribution in [2.45, 2.75) is 52.0 Å². The lowest BCUT2D eigenvalue weighted by Crippen LogP contribution is -2.43. The first-order valence-electron chi connectivity index (χ1n) is 8.18. The van der Waals surface area contributed by atoms with E-state index in [9.17, 15) is 9.59 Å². The number of aliphatic carboxylic acids is 1. The normalized spacial score (nSPS) is 12.3. The summed E-state index contributed by atoms with van der Waals surface area (Å²) in [5, 5.41) is 13.9. The summed E-state index contributed by atoms with van der Waals surface area (Å²) in [5.74, 6) is -0.102. The van der Waals surface area contributed by atoms with Gasteiger partial charge in [-0.2, -0.15) is 0 Å². The summed E-state index contributed by atoms with van der Waals surface area (Å²) in [7, 11) is 0. The van der Waals surface area contributed by atoms with Crippen LogP contribution in [0, 0.1) is 0 Å². The Kier molecular flexibility index (Phi) is 7.55. The highest BCUT2D eigenvalue weighted by atomic mass is 16.5. The van der Waals surface area contributed by atoms with Crippen LogP contribution in [0.3, 0.4) is 0 Å². The van der Waals surface area contributed by atoms with Crippen molar-refractivity contribution < 1.29 is 19.4 Å². The Hall–Kier alpha value is -2.24. The summed E-state index contributed by atoms with van der Waals surface area (Å²) in [5.41, 5.74) is 1.34. The maximum atomic E-state index is 11.6. The molecule has 1 unspecified atom stereocenters. The maximum Gasteiger partial charge on any atom is 0.315 e. The van der Waals surface area contributed by atoms with Gasteiger partial charge in [-0.3, -0.25) is 4.79 Å². The molecule has 3 N–H and O–H groups in total. The molecule has 0 radical (unpaired) electrons. The van der Waals surface area contributed by atoms with E-state index in [4.69, 9.17) is 9.84 Å². The Morgan fingerprint density at radius 1 is 1.21 bits per heavy atom. The highest BCUT2D eigenvalue weighted by Gasteiger charge is 2.13. The molecule has 134 valence electrons. The van der Waals surface area contributed by atoms with Crippen molar-refractivity contribution in [1.29, 1.82) is 0 Å². The van der Waals surface area contributed by atoms with E-state index in [1.54, 1.807) is 0 Å². The van der Waals surface area contributed by atoms with E-state index in [0.717, 1.165) is 5.75 Å². The van der Waals surface area contributed by atoms with E-state index in [-0.39, 0.29) is 23.9 Å². The summed E-state index contributed by atoms with van der Waals surface area (Å²) in [6, 6.07) is 7.47. The van der Waals surface area contributed by atoms with Crippen molar-refractivity contribution >= 4 is 12.0 Å². The van der Waals surface area contributed by atoms with Gasteiger partial charge in [-0.05, 0) is 36.5 Å². The third-order valence-corrected chi connectivity index (χ3v) is 3.45. The zero-order valence-corrected chi connectivity index (χ0v) is 14.9. The van der Waals surface area contributed by atoms with E-state index in [1.165, 1.54) is 5.56 Å². The molecule has 1 rings (SSSR count). The van der Waals surface area contributed by atoms with Crippen LogP contribution in [-0.2, 0) is 10.2 Å². The fourth-order valence-corrected chi connectivity index (χ4v) is 2.03. The van der Waals surface area contributed by atoms with Crippen LogP contribution in [-0.4, -0.2) is 36.3 Å². The quantitative estimate of drug-likeness (QED) is 0.637. The van der Waals surface area contributed by atoms with Crippen molar-refractivity contribution in [1.82, 2.24) is 10.6 Å². The van der Waals surface area contributed by atoms with Gasteiger partial charge in [0.25, 0.3) is 0 Å². The molecule has 1 atom stereocenters. The van der Waals surface area contributed by atoms with E-state index >= 15 is 0 Å². The zero-order chi connectivity index (χ0) is 18.2. The summed E-state index contributed by atoms with van der Waals surface area (Å²) in [6.45, 7) is 9.01. The fourth-order valence-electron chi connectivity index (χ4n) is 2.03. The Labute approximate surface area is 143 Å². The van der Waals surface area contributed by atoms with E-state index in [0.29, 0.717) is 19.6 Å². The van der Waals surface area contributed by atoms with E-state index in [1.807, 2.05) is 31.2 Å². The predicted molar refractivity (Wildman–Crippen MR) is 93.5 cm³/mol. The van der Waals surface area contributed by atoms with Gasteiger partial charge >= 0.3 is 12.0 Å². The van der Waals surface area contributed by atoms with E-state index in [2.05, 4.69) is 31.4 Å². The number of benzene rings is 1. The number of nitrogens with one attached hydrogen (secondary N) is 2. The molecule has 0 aliphatic carbocycles. The van der Waals surface area contributed by atoms with Gasteiger partial charge in [0.2, 0.25) is 0 Å². The Morgan fingerprint density at radius 2 is 1.83 bits per heavy atom. The summed E-state index contributed by atoms with van der Waals surface area (Å²) < 4.78 is 5.67. The summed E-state index contributed by atoms with van der Waals surface area (Å²) in [6.07, 6.45) is 0.456. The molecule has 24 heavy (non-hydrogen) atoms. The third kappa shape index (κ3) is 7.85. The minimum Gasteiger partial charge on any atom is -0.491 e. The molecule has 0 saturated carbocycles. The highest BCUT2D eigenvalue weighted by molar-refractivity contribution is 5.74. The van der Waals surface area contributed by atoms with Gasteiger partial charge in [-0.15, -0.1) is 0 Å². The molecule has 0 aliphatic heterocycles. The molecule has 0 bridgehead atoms. The average molecular weight is 336 g/mol. The van der Waals surface area contributed by atoms with E-state index < -0.39 is 5.97 Å². The lowest BCUT2D eigenvalue weighted by Gasteiger charge is -2.20. The molecule has 0 aromatic heterocycles. The molecule has 1 aromatic carbocycles. The second-order valence-electron chi connectivity index (χ2n) is 6.88. The Bertz CT molecular complexity index is 535. The number of rotatable bonds is 8. The number of carbonyl (C=O) groups is 2.